The highest BCUT2D eigenvalue weighted by molar-refractivity contribution is 5.92. The molecule has 0 saturated heterocycles. The average molecular weight is 181 g/mol. The molecule has 0 fully saturated rings. The highest BCUT2D eigenvalue weighted by Gasteiger charge is 2.32. The Hall–Kier alpha value is -1.29. The fraction of sp³-hybridized carbons (Fsp3) is 0.444. The zero-order valence-electron chi connectivity index (χ0n) is 7.36. The Morgan fingerprint density at radius 1 is 1.69 bits per heavy atom. The molecule has 0 saturated carbocycles. The van der Waals surface area contributed by atoms with Gasteiger partial charge in [0.05, 0.1) is 12.9 Å². The minimum absolute atomic E-state index is 0.0167. The van der Waals surface area contributed by atoms with Crippen molar-refractivity contribution in [3.05, 3.63) is 24.2 Å². The zero-order chi connectivity index (χ0) is 9.31. The van der Waals surface area contributed by atoms with Crippen molar-refractivity contribution >= 4 is 5.90 Å². The smallest absolute Gasteiger partial charge is 0.253 e. The maximum Gasteiger partial charge on any atom is 0.253 e. The predicted molar refractivity (Wildman–Crippen MR) is 46.7 cm³/mol. The van der Waals surface area contributed by atoms with Gasteiger partial charge in [0, 0.05) is 0 Å². The third-order valence-corrected chi connectivity index (χ3v) is 1.96. The predicted octanol–water partition coefficient (Wildman–Crippen LogP) is 0.807. The Balaban J connectivity index is 2.24. The van der Waals surface area contributed by atoms with E-state index in [2.05, 4.69) is 4.99 Å². The van der Waals surface area contributed by atoms with Crippen molar-refractivity contribution in [2.75, 3.05) is 13.2 Å². The quantitative estimate of drug-likeness (QED) is 0.734. The molecule has 2 rings (SSSR count). The van der Waals surface area contributed by atoms with Crippen molar-refractivity contribution in [3.8, 4) is 0 Å². The second-order valence-electron chi connectivity index (χ2n) is 3.34. The molecule has 0 amide bonds. The molecule has 1 aromatic heterocycles. The van der Waals surface area contributed by atoms with E-state index >= 15 is 0 Å². The van der Waals surface area contributed by atoms with Crippen LogP contribution < -0.4 is 0 Å². The van der Waals surface area contributed by atoms with Gasteiger partial charge in [-0.15, -0.1) is 0 Å². The van der Waals surface area contributed by atoms with Crippen LogP contribution in [0.1, 0.15) is 12.7 Å². The fourth-order valence-corrected chi connectivity index (χ4v) is 1.14. The summed E-state index contributed by atoms with van der Waals surface area (Å²) in [6, 6.07) is 3.55. The van der Waals surface area contributed by atoms with E-state index in [4.69, 9.17) is 14.3 Å². The summed E-state index contributed by atoms with van der Waals surface area (Å²) in [6.07, 6.45) is 1.57. The first-order chi connectivity index (χ1) is 6.23. The van der Waals surface area contributed by atoms with Crippen molar-refractivity contribution < 1.29 is 14.3 Å². The molecule has 2 heterocycles. The van der Waals surface area contributed by atoms with Crippen LogP contribution in [0.15, 0.2) is 27.8 Å². The number of aliphatic hydroxyl groups excluding tert-OH is 1. The number of nitrogens with zero attached hydrogens (tertiary/aromatic N) is 1. The lowest BCUT2D eigenvalue weighted by atomic mass is 10.1. The molecular formula is C9H11NO3. The van der Waals surface area contributed by atoms with Gasteiger partial charge in [-0.1, -0.05) is 0 Å². The van der Waals surface area contributed by atoms with Crippen LogP contribution >= 0.6 is 0 Å². The van der Waals surface area contributed by atoms with Gasteiger partial charge in [-0.05, 0) is 19.1 Å². The maximum absolute atomic E-state index is 9.02. The highest BCUT2D eigenvalue weighted by Crippen LogP contribution is 2.20. The summed E-state index contributed by atoms with van der Waals surface area (Å²) in [5.41, 5.74) is -0.512. The molecule has 0 bridgehead atoms. The van der Waals surface area contributed by atoms with Crippen molar-refractivity contribution in [2.45, 2.75) is 12.5 Å². The van der Waals surface area contributed by atoms with Crippen LogP contribution in [0, 0.1) is 0 Å². The Labute approximate surface area is 75.8 Å². The van der Waals surface area contributed by atoms with Gasteiger partial charge >= 0.3 is 0 Å². The van der Waals surface area contributed by atoms with E-state index in [1.807, 2.05) is 6.92 Å². The van der Waals surface area contributed by atoms with Crippen molar-refractivity contribution in [1.29, 1.82) is 0 Å². The Morgan fingerprint density at radius 2 is 2.54 bits per heavy atom. The lowest BCUT2D eigenvalue weighted by molar-refractivity contribution is 0.169. The van der Waals surface area contributed by atoms with E-state index in [9.17, 15) is 0 Å². The number of hydrogen-bond donors (Lipinski definition) is 1. The van der Waals surface area contributed by atoms with Gasteiger partial charge in [-0.3, -0.25) is 0 Å². The SMILES string of the molecule is C[C@@]1(CO)COC(c2ccco2)=N1. The number of furan rings is 1. The third kappa shape index (κ3) is 1.45. The van der Waals surface area contributed by atoms with Crippen molar-refractivity contribution in [1.82, 2.24) is 0 Å². The van der Waals surface area contributed by atoms with E-state index in [1.54, 1.807) is 18.4 Å². The monoisotopic (exact) mass is 181 g/mol. The summed E-state index contributed by atoms with van der Waals surface area (Å²) in [7, 11) is 0. The molecule has 13 heavy (non-hydrogen) atoms. The molecule has 0 aromatic carbocycles. The standard InChI is InChI=1S/C9H11NO3/c1-9(5-11)6-13-8(10-9)7-3-2-4-12-7/h2-4,11H,5-6H2,1H3/t9-/m1/s1. The zero-order valence-corrected chi connectivity index (χ0v) is 7.36. The second-order valence-corrected chi connectivity index (χ2v) is 3.34. The first-order valence-corrected chi connectivity index (χ1v) is 4.11. The highest BCUT2D eigenvalue weighted by atomic mass is 16.5. The molecule has 0 aliphatic carbocycles. The number of aliphatic hydroxyl groups is 1. The largest absolute Gasteiger partial charge is 0.473 e. The number of rotatable bonds is 2. The van der Waals surface area contributed by atoms with E-state index < -0.39 is 5.54 Å². The van der Waals surface area contributed by atoms with Gasteiger partial charge in [-0.25, -0.2) is 4.99 Å². The van der Waals surface area contributed by atoms with Gasteiger partial charge in [0.2, 0.25) is 0 Å². The molecule has 1 aromatic rings. The summed E-state index contributed by atoms with van der Waals surface area (Å²) < 4.78 is 10.4. The van der Waals surface area contributed by atoms with Crippen LogP contribution in [0.3, 0.4) is 0 Å². The number of hydrogen-bond acceptors (Lipinski definition) is 4. The maximum atomic E-state index is 9.02. The first-order valence-electron chi connectivity index (χ1n) is 4.11. The van der Waals surface area contributed by atoms with Crippen LogP contribution in [-0.4, -0.2) is 29.8 Å². The van der Waals surface area contributed by atoms with E-state index in [1.165, 1.54) is 0 Å². The summed E-state index contributed by atoms with van der Waals surface area (Å²) >= 11 is 0. The lowest BCUT2D eigenvalue weighted by Crippen LogP contribution is -2.28. The van der Waals surface area contributed by atoms with Gasteiger partial charge in [-0.2, -0.15) is 0 Å². The molecule has 4 nitrogen and oxygen atoms in total. The first kappa shape index (κ1) is 8.31. The molecule has 70 valence electrons. The molecule has 1 aliphatic rings. The molecule has 0 radical (unpaired) electrons. The minimum Gasteiger partial charge on any atom is -0.473 e. The molecule has 1 atom stereocenters. The second kappa shape index (κ2) is 2.88. The molecule has 0 spiro atoms. The van der Waals surface area contributed by atoms with E-state index in [0.717, 1.165) is 0 Å². The molecule has 1 N–H and O–H groups in total. The lowest BCUT2D eigenvalue weighted by Gasteiger charge is -2.12. The molecular weight excluding hydrogens is 170 g/mol. The van der Waals surface area contributed by atoms with Gasteiger partial charge in [0.1, 0.15) is 12.1 Å². The Morgan fingerprint density at radius 3 is 3.08 bits per heavy atom. The normalized spacial score (nSPS) is 27.1. The van der Waals surface area contributed by atoms with Gasteiger partial charge in [0.15, 0.2) is 5.76 Å². The van der Waals surface area contributed by atoms with Crippen molar-refractivity contribution in [3.63, 3.8) is 0 Å². The average Bonchev–Trinajstić information content (AvgIpc) is 2.73. The Kier molecular flexibility index (Phi) is 1.84. The summed E-state index contributed by atoms with van der Waals surface area (Å²) in [5, 5.41) is 9.02. The van der Waals surface area contributed by atoms with Gasteiger partial charge in [0.25, 0.3) is 5.90 Å². The van der Waals surface area contributed by atoms with Crippen LogP contribution in [0.25, 0.3) is 0 Å². The van der Waals surface area contributed by atoms with Crippen LogP contribution in [0.5, 0.6) is 0 Å². The summed E-state index contributed by atoms with van der Waals surface area (Å²) in [5.74, 6) is 1.08. The molecule has 0 unspecified atom stereocenters. The number of aliphatic imine (C=N–C) groups is 1. The molecule has 1 aliphatic heterocycles. The van der Waals surface area contributed by atoms with E-state index in [-0.39, 0.29) is 6.61 Å². The number of ether oxygens (including phenoxy) is 1. The van der Waals surface area contributed by atoms with Gasteiger partial charge < -0.3 is 14.3 Å². The van der Waals surface area contributed by atoms with Crippen molar-refractivity contribution in [2.24, 2.45) is 4.99 Å². The van der Waals surface area contributed by atoms with E-state index in [0.29, 0.717) is 18.3 Å². The van der Waals surface area contributed by atoms with Crippen LogP contribution in [0.2, 0.25) is 0 Å². The topological polar surface area (TPSA) is 55.0 Å². The summed E-state index contributed by atoms with van der Waals surface area (Å²) in [6.45, 7) is 2.22. The molecule has 4 heteroatoms. The minimum atomic E-state index is -0.512. The van der Waals surface area contributed by atoms with Crippen LogP contribution in [0.4, 0.5) is 0 Å². The van der Waals surface area contributed by atoms with Crippen LogP contribution in [-0.2, 0) is 4.74 Å². The third-order valence-electron chi connectivity index (χ3n) is 1.96. The Bertz CT molecular complexity index is 318. The summed E-state index contributed by atoms with van der Waals surface area (Å²) in [4.78, 5) is 4.23. The fourth-order valence-electron chi connectivity index (χ4n) is 1.14.